The summed E-state index contributed by atoms with van der Waals surface area (Å²) in [6.07, 6.45) is 4.59. The molecule has 0 spiro atoms. The summed E-state index contributed by atoms with van der Waals surface area (Å²) in [6, 6.07) is 10.0. The first kappa shape index (κ1) is 12.7. The van der Waals surface area contributed by atoms with Crippen LogP contribution in [0.4, 0.5) is 0 Å². The Kier molecular flexibility index (Phi) is 3.14. The Morgan fingerprint density at radius 2 is 1.85 bits per heavy atom. The van der Waals surface area contributed by atoms with Gasteiger partial charge in [-0.15, -0.1) is 0 Å². The molecule has 3 rings (SSSR count). The van der Waals surface area contributed by atoms with Gasteiger partial charge in [0, 0.05) is 24.5 Å². The van der Waals surface area contributed by atoms with E-state index in [1.54, 1.807) is 4.57 Å². The van der Waals surface area contributed by atoms with Crippen molar-refractivity contribution in [2.24, 2.45) is 0 Å². The summed E-state index contributed by atoms with van der Waals surface area (Å²) in [6.45, 7) is 4.70. The number of aryl methyl sites for hydroxylation is 2. The highest BCUT2D eigenvalue weighted by molar-refractivity contribution is 5.66. The molecule has 0 unspecified atom stereocenters. The van der Waals surface area contributed by atoms with Gasteiger partial charge in [-0.05, 0) is 13.3 Å². The van der Waals surface area contributed by atoms with Gasteiger partial charge in [0.15, 0.2) is 0 Å². The summed E-state index contributed by atoms with van der Waals surface area (Å²) < 4.78 is 3.59. The predicted molar refractivity (Wildman–Crippen MR) is 79.9 cm³/mol. The molecule has 0 N–H and O–H groups in total. The Morgan fingerprint density at radius 3 is 2.50 bits per heavy atom. The second kappa shape index (κ2) is 4.96. The SMILES string of the molecule is CCc1c(-c2ccccc2)nc2c(=O)n(CC)ccn12. The first-order chi connectivity index (χ1) is 9.76. The largest absolute Gasteiger partial charge is 0.311 e. The summed E-state index contributed by atoms with van der Waals surface area (Å²) in [7, 11) is 0. The second-order valence-corrected chi connectivity index (χ2v) is 4.71. The molecule has 0 atom stereocenters. The van der Waals surface area contributed by atoms with E-state index < -0.39 is 0 Å². The van der Waals surface area contributed by atoms with Crippen LogP contribution in [0.25, 0.3) is 16.9 Å². The number of fused-ring (bicyclic) bond motifs is 1. The van der Waals surface area contributed by atoms with E-state index >= 15 is 0 Å². The molecule has 4 nitrogen and oxygen atoms in total. The highest BCUT2D eigenvalue weighted by atomic mass is 16.1. The zero-order valence-electron chi connectivity index (χ0n) is 11.7. The molecule has 0 saturated heterocycles. The molecule has 0 amide bonds. The van der Waals surface area contributed by atoms with Crippen molar-refractivity contribution in [3.05, 3.63) is 58.8 Å². The molecule has 2 aromatic heterocycles. The van der Waals surface area contributed by atoms with Gasteiger partial charge in [0.1, 0.15) is 0 Å². The van der Waals surface area contributed by atoms with Gasteiger partial charge in [0.05, 0.1) is 11.4 Å². The Balaban J connectivity index is 2.34. The molecule has 0 radical (unpaired) electrons. The van der Waals surface area contributed by atoms with Gasteiger partial charge in [-0.25, -0.2) is 4.98 Å². The Bertz CT molecular complexity index is 800. The van der Waals surface area contributed by atoms with Crippen molar-refractivity contribution in [3.63, 3.8) is 0 Å². The van der Waals surface area contributed by atoms with Crippen LogP contribution in [-0.2, 0) is 13.0 Å². The number of hydrogen-bond acceptors (Lipinski definition) is 2. The van der Waals surface area contributed by atoms with Gasteiger partial charge < -0.3 is 4.57 Å². The number of aromatic nitrogens is 3. The molecule has 0 aliphatic carbocycles. The van der Waals surface area contributed by atoms with Crippen LogP contribution in [0.15, 0.2) is 47.5 Å². The molecule has 4 heteroatoms. The maximum Gasteiger partial charge on any atom is 0.294 e. The molecule has 20 heavy (non-hydrogen) atoms. The molecular formula is C16H17N3O. The van der Waals surface area contributed by atoms with Gasteiger partial charge in [0.2, 0.25) is 5.65 Å². The Labute approximate surface area is 117 Å². The van der Waals surface area contributed by atoms with E-state index in [0.717, 1.165) is 23.4 Å². The fourth-order valence-corrected chi connectivity index (χ4v) is 2.53. The van der Waals surface area contributed by atoms with Gasteiger partial charge in [-0.3, -0.25) is 9.20 Å². The maximum atomic E-state index is 12.4. The molecule has 0 aliphatic rings. The van der Waals surface area contributed by atoms with E-state index in [0.29, 0.717) is 12.2 Å². The van der Waals surface area contributed by atoms with E-state index in [2.05, 4.69) is 11.9 Å². The van der Waals surface area contributed by atoms with Crippen molar-refractivity contribution in [2.45, 2.75) is 26.8 Å². The van der Waals surface area contributed by atoms with Crippen LogP contribution in [0.2, 0.25) is 0 Å². The monoisotopic (exact) mass is 267 g/mol. The third kappa shape index (κ3) is 1.84. The van der Waals surface area contributed by atoms with Gasteiger partial charge in [-0.1, -0.05) is 37.3 Å². The molecule has 102 valence electrons. The van der Waals surface area contributed by atoms with Crippen molar-refractivity contribution >= 4 is 5.65 Å². The number of imidazole rings is 1. The quantitative estimate of drug-likeness (QED) is 0.732. The number of rotatable bonds is 3. The van der Waals surface area contributed by atoms with E-state index in [-0.39, 0.29) is 5.56 Å². The summed E-state index contributed by atoms with van der Waals surface area (Å²) in [5.41, 5.74) is 3.50. The third-order valence-corrected chi connectivity index (χ3v) is 3.58. The zero-order chi connectivity index (χ0) is 14.1. The molecular weight excluding hydrogens is 250 g/mol. The minimum Gasteiger partial charge on any atom is -0.311 e. The predicted octanol–water partition coefficient (Wildman–Crippen LogP) is 2.75. The molecule has 0 bridgehead atoms. The van der Waals surface area contributed by atoms with E-state index in [1.165, 1.54) is 0 Å². The van der Waals surface area contributed by atoms with Crippen molar-refractivity contribution < 1.29 is 0 Å². The fraction of sp³-hybridized carbons (Fsp3) is 0.250. The van der Waals surface area contributed by atoms with Crippen LogP contribution in [-0.4, -0.2) is 14.0 Å². The lowest BCUT2D eigenvalue weighted by Gasteiger charge is -2.04. The van der Waals surface area contributed by atoms with Crippen LogP contribution >= 0.6 is 0 Å². The van der Waals surface area contributed by atoms with Crippen molar-refractivity contribution in [3.8, 4) is 11.3 Å². The highest BCUT2D eigenvalue weighted by Crippen LogP contribution is 2.23. The van der Waals surface area contributed by atoms with Gasteiger partial charge in [0.25, 0.3) is 5.56 Å². The highest BCUT2D eigenvalue weighted by Gasteiger charge is 2.15. The van der Waals surface area contributed by atoms with E-state index in [9.17, 15) is 4.79 Å². The van der Waals surface area contributed by atoms with Crippen LogP contribution in [0, 0.1) is 0 Å². The van der Waals surface area contributed by atoms with Gasteiger partial charge >= 0.3 is 0 Å². The molecule has 3 aromatic rings. The van der Waals surface area contributed by atoms with Crippen LogP contribution in [0.1, 0.15) is 19.5 Å². The standard InChI is InChI=1S/C16H17N3O/c1-3-13-14(12-8-6-5-7-9-12)17-15-16(20)18(4-2)10-11-19(13)15/h5-11H,3-4H2,1-2H3. The topological polar surface area (TPSA) is 39.3 Å². The van der Waals surface area contributed by atoms with Gasteiger partial charge in [-0.2, -0.15) is 0 Å². The molecule has 0 aliphatic heterocycles. The third-order valence-electron chi connectivity index (χ3n) is 3.58. The molecule has 0 fully saturated rings. The number of nitrogens with zero attached hydrogens (tertiary/aromatic N) is 3. The van der Waals surface area contributed by atoms with Crippen molar-refractivity contribution in [1.29, 1.82) is 0 Å². The molecule has 1 aromatic carbocycles. The Hall–Kier alpha value is -2.36. The second-order valence-electron chi connectivity index (χ2n) is 4.71. The Morgan fingerprint density at radius 1 is 1.10 bits per heavy atom. The molecule has 0 saturated carbocycles. The van der Waals surface area contributed by atoms with Crippen LogP contribution in [0.5, 0.6) is 0 Å². The normalized spacial score (nSPS) is 11.1. The van der Waals surface area contributed by atoms with Crippen LogP contribution < -0.4 is 5.56 Å². The smallest absolute Gasteiger partial charge is 0.294 e. The summed E-state index contributed by atoms with van der Waals surface area (Å²) in [5.74, 6) is 0. The minimum absolute atomic E-state index is 0.0353. The lowest BCUT2D eigenvalue weighted by Crippen LogP contribution is -2.20. The average Bonchev–Trinajstić information content (AvgIpc) is 2.88. The lowest BCUT2D eigenvalue weighted by molar-refractivity contribution is 0.718. The fourth-order valence-electron chi connectivity index (χ4n) is 2.53. The lowest BCUT2D eigenvalue weighted by atomic mass is 10.1. The minimum atomic E-state index is -0.0353. The summed E-state index contributed by atoms with van der Waals surface area (Å²) in [5, 5.41) is 0. The first-order valence-electron chi connectivity index (χ1n) is 6.92. The number of benzene rings is 1. The van der Waals surface area contributed by atoms with Crippen molar-refractivity contribution in [1.82, 2.24) is 14.0 Å². The molecule has 2 heterocycles. The maximum absolute atomic E-state index is 12.4. The van der Waals surface area contributed by atoms with Crippen molar-refractivity contribution in [2.75, 3.05) is 0 Å². The zero-order valence-corrected chi connectivity index (χ0v) is 11.7. The average molecular weight is 267 g/mol. The van der Waals surface area contributed by atoms with Crippen LogP contribution in [0.3, 0.4) is 0 Å². The summed E-state index contributed by atoms with van der Waals surface area (Å²) in [4.78, 5) is 16.9. The first-order valence-corrected chi connectivity index (χ1v) is 6.92. The van der Waals surface area contributed by atoms with E-state index in [1.807, 2.05) is 54.0 Å². The van der Waals surface area contributed by atoms with E-state index in [4.69, 9.17) is 0 Å². The number of hydrogen-bond donors (Lipinski definition) is 0. The summed E-state index contributed by atoms with van der Waals surface area (Å²) >= 11 is 0.